The van der Waals surface area contributed by atoms with E-state index in [2.05, 4.69) is 39.7 Å². The van der Waals surface area contributed by atoms with Gasteiger partial charge in [-0.25, -0.2) is 0 Å². The summed E-state index contributed by atoms with van der Waals surface area (Å²) in [6.07, 6.45) is 3.30. The van der Waals surface area contributed by atoms with Gasteiger partial charge in [0.25, 0.3) is 0 Å². The van der Waals surface area contributed by atoms with Crippen LogP contribution in [-0.4, -0.2) is 9.30 Å². The molecule has 0 aliphatic carbocycles. The molecule has 1 unspecified atom stereocenters. The molecule has 0 aliphatic heterocycles. The number of nitrogens with one attached hydrogen (secondary N) is 1. The average molecular weight is 346 g/mol. The van der Waals surface area contributed by atoms with E-state index in [-0.39, 0.29) is 10.8 Å². The predicted octanol–water partition coefficient (Wildman–Crippen LogP) is 4.73. The molecule has 0 bridgehead atoms. The van der Waals surface area contributed by atoms with Gasteiger partial charge in [0.15, 0.2) is 0 Å². The minimum Gasteiger partial charge on any atom is -0.598 e. The smallest absolute Gasteiger partial charge is 0.136 e. The van der Waals surface area contributed by atoms with Crippen LogP contribution in [0.1, 0.15) is 58.6 Å². The Labute approximate surface area is 128 Å². The lowest BCUT2D eigenvalue weighted by Crippen LogP contribution is -2.41. The summed E-state index contributed by atoms with van der Waals surface area (Å²) in [5.74, 6) is 0. The lowest BCUT2D eigenvalue weighted by atomic mass is 10.0. The van der Waals surface area contributed by atoms with Gasteiger partial charge < -0.3 is 4.55 Å². The number of hydrogen-bond donors (Lipinski definition) is 1. The zero-order chi connectivity index (χ0) is 14.5. The molecule has 1 rings (SSSR count). The molecule has 0 aromatic heterocycles. The van der Waals surface area contributed by atoms with Gasteiger partial charge in [-0.1, -0.05) is 47.8 Å². The Balaban J connectivity index is 2.79. The van der Waals surface area contributed by atoms with Crippen molar-refractivity contribution < 1.29 is 4.55 Å². The van der Waals surface area contributed by atoms with Crippen LogP contribution in [0.3, 0.4) is 0 Å². The molecule has 108 valence electrons. The van der Waals surface area contributed by atoms with Crippen LogP contribution < -0.4 is 4.72 Å². The van der Waals surface area contributed by atoms with E-state index in [1.54, 1.807) is 0 Å². The first-order valence-electron chi connectivity index (χ1n) is 6.78. The van der Waals surface area contributed by atoms with E-state index in [9.17, 15) is 4.55 Å². The van der Waals surface area contributed by atoms with Crippen LogP contribution in [0, 0.1) is 0 Å². The van der Waals surface area contributed by atoms with E-state index in [4.69, 9.17) is 0 Å². The average Bonchev–Trinajstić information content (AvgIpc) is 2.34. The van der Waals surface area contributed by atoms with Crippen molar-refractivity contribution in [3.05, 3.63) is 34.3 Å². The second-order valence-corrected chi connectivity index (χ2v) is 8.66. The number of halogens is 1. The van der Waals surface area contributed by atoms with Gasteiger partial charge in [0.05, 0.1) is 6.04 Å². The first-order chi connectivity index (χ1) is 8.84. The van der Waals surface area contributed by atoms with Crippen molar-refractivity contribution in [1.29, 1.82) is 0 Å². The number of rotatable bonds is 6. The minimum absolute atomic E-state index is 0.160. The van der Waals surface area contributed by atoms with Crippen LogP contribution in [0.25, 0.3) is 0 Å². The van der Waals surface area contributed by atoms with Crippen molar-refractivity contribution in [2.75, 3.05) is 0 Å². The van der Waals surface area contributed by atoms with E-state index in [0.29, 0.717) is 0 Å². The van der Waals surface area contributed by atoms with Crippen LogP contribution in [0.5, 0.6) is 0 Å². The van der Waals surface area contributed by atoms with Crippen molar-refractivity contribution in [1.82, 2.24) is 4.72 Å². The second kappa shape index (κ2) is 7.67. The molecular formula is C15H24BrNOS. The molecule has 1 aromatic rings. The molecule has 0 fully saturated rings. The highest BCUT2D eigenvalue weighted by atomic mass is 79.9. The topological polar surface area (TPSA) is 35.1 Å². The summed E-state index contributed by atoms with van der Waals surface area (Å²) in [5.41, 5.74) is 1.20. The molecule has 0 saturated carbocycles. The van der Waals surface area contributed by atoms with E-state index < -0.39 is 11.4 Å². The maximum Gasteiger partial charge on any atom is 0.136 e. The molecular weight excluding hydrogens is 322 g/mol. The maximum atomic E-state index is 12.3. The monoisotopic (exact) mass is 345 g/mol. The normalized spacial score (nSPS) is 15.3. The maximum absolute atomic E-state index is 12.3. The van der Waals surface area contributed by atoms with E-state index in [0.717, 1.165) is 23.7 Å². The zero-order valence-electron chi connectivity index (χ0n) is 12.2. The fourth-order valence-electron chi connectivity index (χ4n) is 1.70. The van der Waals surface area contributed by atoms with Gasteiger partial charge in [-0.15, -0.1) is 4.72 Å². The lowest BCUT2D eigenvalue weighted by Gasteiger charge is -2.28. The summed E-state index contributed by atoms with van der Waals surface area (Å²) in [6.45, 7) is 8.16. The fraction of sp³-hybridized carbons (Fsp3) is 0.600. The molecule has 0 saturated heterocycles. The minimum atomic E-state index is -1.04. The molecule has 1 N–H and O–H groups in total. The van der Waals surface area contributed by atoms with Gasteiger partial charge >= 0.3 is 0 Å². The Kier molecular flexibility index (Phi) is 6.87. The molecule has 0 heterocycles. The van der Waals surface area contributed by atoms with Crippen molar-refractivity contribution in [3.8, 4) is 0 Å². The van der Waals surface area contributed by atoms with E-state index in [1.165, 1.54) is 5.56 Å². The van der Waals surface area contributed by atoms with E-state index in [1.807, 2.05) is 32.9 Å². The van der Waals surface area contributed by atoms with Crippen LogP contribution in [0.15, 0.2) is 28.7 Å². The van der Waals surface area contributed by atoms with Crippen molar-refractivity contribution >= 4 is 27.3 Å². The van der Waals surface area contributed by atoms with Crippen molar-refractivity contribution in [2.24, 2.45) is 0 Å². The summed E-state index contributed by atoms with van der Waals surface area (Å²) < 4.78 is 16.4. The van der Waals surface area contributed by atoms with Gasteiger partial charge in [-0.05, 0) is 44.9 Å². The molecule has 2 atom stereocenters. The highest BCUT2D eigenvalue weighted by Crippen LogP contribution is 2.25. The Morgan fingerprint density at radius 3 is 2.32 bits per heavy atom. The molecule has 19 heavy (non-hydrogen) atoms. The fourth-order valence-corrected chi connectivity index (χ4v) is 2.83. The van der Waals surface area contributed by atoms with Crippen LogP contribution in [0.4, 0.5) is 0 Å². The Hall–Kier alpha value is -0.0300. The second-order valence-electron chi connectivity index (χ2n) is 5.75. The van der Waals surface area contributed by atoms with Gasteiger partial charge in [0.1, 0.15) is 4.75 Å². The molecule has 0 aliphatic rings. The lowest BCUT2D eigenvalue weighted by molar-refractivity contribution is 0.502. The van der Waals surface area contributed by atoms with Gasteiger partial charge in [-0.3, -0.25) is 0 Å². The third kappa shape index (κ3) is 5.86. The molecule has 0 radical (unpaired) electrons. The summed E-state index contributed by atoms with van der Waals surface area (Å²) in [5, 5.41) is 0. The van der Waals surface area contributed by atoms with Crippen LogP contribution in [-0.2, 0) is 11.4 Å². The summed E-state index contributed by atoms with van der Waals surface area (Å²) in [7, 11) is 0. The first kappa shape index (κ1) is 17.0. The number of hydrogen-bond acceptors (Lipinski definition) is 2. The van der Waals surface area contributed by atoms with Gasteiger partial charge in [-0.2, -0.15) is 0 Å². The molecule has 0 spiro atoms. The highest BCUT2D eigenvalue weighted by Gasteiger charge is 2.29. The SMILES string of the molecule is CCCCC(N[S@@+]([O-])C(C)(C)C)c1ccc(Br)cc1. The van der Waals surface area contributed by atoms with Gasteiger partial charge in [0.2, 0.25) is 0 Å². The highest BCUT2D eigenvalue weighted by molar-refractivity contribution is 9.10. The van der Waals surface area contributed by atoms with Crippen molar-refractivity contribution in [3.63, 3.8) is 0 Å². The largest absolute Gasteiger partial charge is 0.598 e. The number of unbranched alkanes of at least 4 members (excludes halogenated alkanes) is 1. The Bertz CT molecular complexity index is 375. The summed E-state index contributed by atoms with van der Waals surface area (Å²) in [4.78, 5) is 0. The predicted molar refractivity (Wildman–Crippen MR) is 87.4 cm³/mol. The van der Waals surface area contributed by atoms with Gasteiger partial charge in [0, 0.05) is 15.8 Å². The molecule has 2 nitrogen and oxygen atoms in total. The summed E-state index contributed by atoms with van der Waals surface area (Å²) >= 11 is 2.41. The molecule has 0 amide bonds. The summed E-state index contributed by atoms with van der Waals surface area (Å²) in [6, 6.07) is 8.42. The first-order valence-corrected chi connectivity index (χ1v) is 8.72. The third-order valence-electron chi connectivity index (χ3n) is 2.92. The Morgan fingerprint density at radius 1 is 1.26 bits per heavy atom. The molecule has 1 aromatic carbocycles. The quantitative estimate of drug-likeness (QED) is 0.756. The third-order valence-corrected chi connectivity index (χ3v) is 5.06. The van der Waals surface area contributed by atoms with Crippen LogP contribution >= 0.6 is 15.9 Å². The standard InChI is InChI=1S/C15H24BrNOS/c1-5-6-7-14(17-19(18)15(2,3)4)12-8-10-13(16)11-9-12/h8-11,14,17H,5-7H2,1-4H3/t14?,19-/m0/s1. The zero-order valence-corrected chi connectivity index (χ0v) is 14.6. The number of benzene rings is 1. The van der Waals surface area contributed by atoms with E-state index >= 15 is 0 Å². The molecule has 4 heteroatoms. The van der Waals surface area contributed by atoms with Crippen molar-refractivity contribution in [2.45, 2.75) is 57.7 Å². The Morgan fingerprint density at radius 2 is 1.84 bits per heavy atom. The van der Waals surface area contributed by atoms with Crippen LogP contribution in [0.2, 0.25) is 0 Å².